The first-order valence-corrected chi connectivity index (χ1v) is 4.01. The van der Waals surface area contributed by atoms with Crippen molar-refractivity contribution in [3.8, 4) is 0 Å². The summed E-state index contributed by atoms with van der Waals surface area (Å²) in [6.07, 6.45) is -0.332. The van der Waals surface area contributed by atoms with E-state index in [2.05, 4.69) is 5.32 Å². The van der Waals surface area contributed by atoms with E-state index in [1.165, 1.54) is 4.90 Å². The largest absolute Gasteiger partial charge is 0.336 e. The summed E-state index contributed by atoms with van der Waals surface area (Å²) in [5.41, 5.74) is 0. The van der Waals surface area contributed by atoms with Crippen LogP contribution in [0.5, 0.6) is 0 Å². The van der Waals surface area contributed by atoms with Crippen molar-refractivity contribution in [1.82, 2.24) is 10.2 Å². The highest BCUT2D eigenvalue weighted by Crippen LogP contribution is 2.40. The van der Waals surface area contributed by atoms with Crippen molar-refractivity contribution < 1.29 is 13.6 Å². The lowest BCUT2D eigenvalue weighted by atomic mass is 9.87. The molecule has 1 heterocycles. The zero-order valence-corrected chi connectivity index (χ0v) is 6.52. The van der Waals surface area contributed by atoms with Gasteiger partial charge in [0.2, 0.25) is 0 Å². The van der Waals surface area contributed by atoms with Crippen molar-refractivity contribution in [2.75, 3.05) is 13.1 Å². The summed E-state index contributed by atoms with van der Waals surface area (Å²) in [6.45, 7) is 1.15. The Morgan fingerprint density at radius 1 is 1.50 bits per heavy atom. The highest BCUT2D eigenvalue weighted by atomic mass is 19.3. The molecule has 1 N–H and O–H groups in total. The molecule has 0 unspecified atom stereocenters. The molecule has 0 bridgehead atoms. The first kappa shape index (κ1) is 7.76. The Balaban J connectivity index is 1.92. The van der Waals surface area contributed by atoms with E-state index in [-0.39, 0.29) is 24.9 Å². The molecule has 2 rings (SSSR count). The van der Waals surface area contributed by atoms with Gasteiger partial charge in [0.1, 0.15) is 0 Å². The predicted molar refractivity (Wildman–Crippen MR) is 38.1 cm³/mol. The summed E-state index contributed by atoms with van der Waals surface area (Å²) < 4.78 is 24.8. The number of carbonyl (C=O) groups excluding carboxylic acids is 1. The van der Waals surface area contributed by atoms with Gasteiger partial charge in [-0.15, -0.1) is 0 Å². The fraction of sp³-hybridized carbons (Fsp3) is 0.857. The lowest BCUT2D eigenvalue weighted by Gasteiger charge is -2.39. The van der Waals surface area contributed by atoms with E-state index in [1.54, 1.807) is 0 Å². The molecular weight excluding hydrogens is 166 g/mol. The number of alkyl halides is 2. The zero-order valence-electron chi connectivity index (χ0n) is 6.52. The molecule has 0 aromatic carbocycles. The van der Waals surface area contributed by atoms with E-state index in [0.29, 0.717) is 13.1 Å². The van der Waals surface area contributed by atoms with Gasteiger partial charge < -0.3 is 10.2 Å². The predicted octanol–water partition coefficient (Wildman–Crippen LogP) is 0.809. The van der Waals surface area contributed by atoms with Gasteiger partial charge >= 0.3 is 6.03 Å². The average molecular weight is 176 g/mol. The van der Waals surface area contributed by atoms with Crippen LogP contribution in [0.3, 0.4) is 0 Å². The van der Waals surface area contributed by atoms with Gasteiger partial charge in [0.25, 0.3) is 5.92 Å². The SMILES string of the molecule is O=C1NCCN1C1CC(F)(F)C1. The van der Waals surface area contributed by atoms with Crippen molar-refractivity contribution >= 4 is 6.03 Å². The Morgan fingerprint density at radius 2 is 2.17 bits per heavy atom. The summed E-state index contributed by atoms with van der Waals surface area (Å²) in [6, 6.07) is -0.432. The summed E-state index contributed by atoms with van der Waals surface area (Å²) in [4.78, 5) is 12.5. The number of halogens is 2. The average Bonchev–Trinajstić information content (AvgIpc) is 2.30. The summed E-state index contributed by atoms with van der Waals surface area (Å²) >= 11 is 0. The maximum absolute atomic E-state index is 12.4. The van der Waals surface area contributed by atoms with Gasteiger partial charge in [0, 0.05) is 32.0 Å². The second-order valence-corrected chi connectivity index (χ2v) is 3.34. The van der Waals surface area contributed by atoms with E-state index >= 15 is 0 Å². The van der Waals surface area contributed by atoms with E-state index in [0.717, 1.165) is 0 Å². The lowest BCUT2D eigenvalue weighted by Crippen LogP contribution is -2.51. The van der Waals surface area contributed by atoms with Crippen LogP contribution < -0.4 is 5.32 Å². The maximum atomic E-state index is 12.4. The Labute approximate surface area is 68.7 Å². The molecule has 3 nitrogen and oxygen atoms in total. The molecular formula is C7H10F2N2O. The minimum atomic E-state index is -2.53. The molecule has 0 aromatic rings. The van der Waals surface area contributed by atoms with Gasteiger partial charge in [-0.05, 0) is 0 Å². The van der Waals surface area contributed by atoms with Crippen LogP contribution in [0.1, 0.15) is 12.8 Å². The molecule has 0 atom stereocenters. The Kier molecular flexibility index (Phi) is 1.49. The van der Waals surface area contributed by atoms with Crippen molar-refractivity contribution in [3.05, 3.63) is 0 Å². The minimum Gasteiger partial charge on any atom is -0.336 e. The summed E-state index contributed by atoms with van der Waals surface area (Å²) in [5, 5.41) is 2.59. The monoisotopic (exact) mass is 176 g/mol. The van der Waals surface area contributed by atoms with E-state index in [1.807, 2.05) is 0 Å². The molecule has 0 radical (unpaired) electrons. The quantitative estimate of drug-likeness (QED) is 0.630. The molecule has 2 aliphatic rings. The standard InChI is InChI=1S/C7H10F2N2O/c8-7(9)3-5(4-7)11-2-1-10-6(11)12/h5H,1-4H2,(H,10,12). The van der Waals surface area contributed by atoms with Gasteiger partial charge in [-0.25, -0.2) is 13.6 Å². The van der Waals surface area contributed by atoms with Gasteiger partial charge in [-0.1, -0.05) is 0 Å². The smallest absolute Gasteiger partial charge is 0.317 e. The van der Waals surface area contributed by atoms with Crippen molar-refractivity contribution in [3.63, 3.8) is 0 Å². The highest BCUT2D eigenvalue weighted by Gasteiger charge is 2.49. The number of nitrogens with one attached hydrogen (secondary N) is 1. The number of hydrogen-bond donors (Lipinski definition) is 1. The molecule has 68 valence electrons. The topological polar surface area (TPSA) is 32.3 Å². The molecule has 1 aliphatic carbocycles. The maximum Gasteiger partial charge on any atom is 0.317 e. The van der Waals surface area contributed by atoms with Gasteiger partial charge in [0.15, 0.2) is 0 Å². The van der Waals surface area contributed by atoms with Crippen LogP contribution in [0.4, 0.5) is 13.6 Å². The third-order valence-corrected chi connectivity index (χ3v) is 2.40. The van der Waals surface area contributed by atoms with Gasteiger partial charge in [0.05, 0.1) is 0 Å². The Hall–Kier alpha value is -0.870. The fourth-order valence-electron chi connectivity index (χ4n) is 1.68. The molecule has 0 spiro atoms. The Morgan fingerprint density at radius 3 is 2.58 bits per heavy atom. The van der Waals surface area contributed by atoms with Crippen LogP contribution in [0.2, 0.25) is 0 Å². The molecule has 1 aliphatic heterocycles. The number of carbonyl (C=O) groups is 1. The van der Waals surface area contributed by atoms with Crippen LogP contribution in [0.25, 0.3) is 0 Å². The van der Waals surface area contributed by atoms with Crippen molar-refractivity contribution in [1.29, 1.82) is 0 Å². The minimum absolute atomic E-state index is 0.166. The zero-order chi connectivity index (χ0) is 8.77. The normalized spacial score (nSPS) is 28.5. The molecule has 5 heteroatoms. The molecule has 0 aromatic heterocycles. The summed E-state index contributed by atoms with van der Waals surface area (Å²) in [7, 11) is 0. The third-order valence-electron chi connectivity index (χ3n) is 2.40. The van der Waals surface area contributed by atoms with Crippen LogP contribution in [0, 0.1) is 0 Å². The number of rotatable bonds is 1. The van der Waals surface area contributed by atoms with Crippen LogP contribution in [-0.4, -0.2) is 36.0 Å². The van der Waals surface area contributed by atoms with Gasteiger partial charge in [-0.3, -0.25) is 0 Å². The fourth-order valence-corrected chi connectivity index (χ4v) is 1.68. The molecule has 1 saturated heterocycles. The van der Waals surface area contributed by atoms with E-state index in [9.17, 15) is 13.6 Å². The number of urea groups is 1. The van der Waals surface area contributed by atoms with E-state index < -0.39 is 5.92 Å². The lowest BCUT2D eigenvalue weighted by molar-refractivity contribution is -0.112. The Bertz CT molecular complexity index is 211. The first-order valence-electron chi connectivity index (χ1n) is 4.01. The van der Waals surface area contributed by atoms with Gasteiger partial charge in [-0.2, -0.15) is 0 Å². The second-order valence-electron chi connectivity index (χ2n) is 3.34. The molecule has 2 amide bonds. The van der Waals surface area contributed by atoms with E-state index in [4.69, 9.17) is 0 Å². The highest BCUT2D eigenvalue weighted by molar-refractivity contribution is 5.76. The van der Waals surface area contributed by atoms with Crippen LogP contribution >= 0.6 is 0 Å². The third kappa shape index (κ3) is 1.13. The number of hydrogen-bond acceptors (Lipinski definition) is 1. The first-order chi connectivity index (χ1) is 5.58. The molecule has 1 saturated carbocycles. The second kappa shape index (κ2) is 2.31. The number of nitrogens with zero attached hydrogens (tertiary/aromatic N) is 1. The van der Waals surface area contributed by atoms with Crippen molar-refractivity contribution in [2.24, 2.45) is 0 Å². The molecule has 12 heavy (non-hydrogen) atoms. The van der Waals surface area contributed by atoms with Crippen LogP contribution in [-0.2, 0) is 0 Å². The number of amides is 2. The van der Waals surface area contributed by atoms with Crippen molar-refractivity contribution in [2.45, 2.75) is 24.8 Å². The summed E-state index contributed by atoms with van der Waals surface area (Å²) in [5.74, 6) is -2.53. The molecule has 2 fully saturated rings. The van der Waals surface area contributed by atoms with Crippen LogP contribution in [0.15, 0.2) is 0 Å².